The molecule has 1 rings (SSSR count). The SMILES string of the molecule is O=C(O)CCCc1cc(F)cc(Br)c1. The molecular weight excluding hydrogens is 251 g/mol. The topological polar surface area (TPSA) is 37.3 Å². The van der Waals surface area contributed by atoms with Crippen LogP contribution in [0.25, 0.3) is 0 Å². The molecule has 0 aliphatic heterocycles. The Balaban J connectivity index is 2.54. The monoisotopic (exact) mass is 260 g/mol. The summed E-state index contributed by atoms with van der Waals surface area (Å²) in [6.45, 7) is 0. The van der Waals surface area contributed by atoms with Gasteiger partial charge in [0.15, 0.2) is 0 Å². The van der Waals surface area contributed by atoms with Crippen molar-refractivity contribution >= 4 is 21.9 Å². The summed E-state index contributed by atoms with van der Waals surface area (Å²) in [6.07, 6.45) is 1.24. The molecule has 1 N–H and O–H groups in total. The van der Waals surface area contributed by atoms with Gasteiger partial charge in [0.25, 0.3) is 0 Å². The second-order valence-electron chi connectivity index (χ2n) is 3.02. The third-order valence-electron chi connectivity index (χ3n) is 1.78. The Labute approximate surface area is 89.9 Å². The molecule has 0 amide bonds. The van der Waals surface area contributed by atoms with Crippen LogP contribution in [0.15, 0.2) is 22.7 Å². The standard InChI is InChI=1S/C10H10BrFO2/c11-8-4-7(5-9(12)6-8)2-1-3-10(13)14/h4-6H,1-3H2,(H,13,14). The van der Waals surface area contributed by atoms with E-state index in [2.05, 4.69) is 15.9 Å². The van der Waals surface area contributed by atoms with Crippen molar-refractivity contribution in [1.82, 2.24) is 0 Å². The Bertz CT molecular complexity index is 319. The molecule has 4 heteroatoms. The van der Waals surface area contributed by atoms with Crippen molar-refractivity contribution in [3.05, 3.63) is 34.1 Å². The van der Waals surface area contributed by atoms with Gasteiger partial charge < -0.3 is 5.11 Å². The number of aryl methyl sites for hydroxylation is 1. The van der Waals surface area contributed by atoms with Crippen molar-refractivity contribution in [2.45, 2.75) is 19.3 Å². The molecule has 0 aromatic heterocycles. The molecule has 0 saturated heterocycles. The summed E-state index contributed by atoms with van der Waals surface area (Å²) in [5, 5.41) is 8.42. The highest BCUT2D eigenvalue weighted by Gasteiger charge is 2.01. The quantitative estimate of drug-likeness (QED) is 0.904. The van der Waals surface area contributed by atoms with Gasteiger partial charge in [-0.3, -0.25) is 4.79 Å². The zero-order chi connectivity index (χ0) is 10.6. The predicted molar refractivity (Wildman–Crippen MR) is 54.7 cm³/mol. The fourth-order valence-corrected chi connectivity index (χ4v) is 1.71. The summed E-state index contributed by atoms with van der Waals surface area (Å²) in [5.41, 5.74) is 0.818. The van der Waals surface area contributed by atoms with E-state index in [0.29, 0.717) is 17.3 Å². The van der Waals surface area contributed by atoms with E-state index < -0.39 is 5.97 Å². The fourth-order valence-electron chi connectivity index (χ4n) is 1.20. The van der Waals surface area contributed by atoms with Crippen molar-refractivity contribution in [2.24, 2.45) is 0 Å². The second-order valence-corrected chi connectivity index (χ2v) is 3.94. The van der Waals surface area contributed by atoms with Gasteiger partial charge in [-0.1, -0.05) is 15.9 Å². The minimum Gasteiger partial charge on any atom is -0.481 e. The lowest BCUT2D eigenvalue weighted by atomic mass is 10.1. The first kappa shape index (κ1) is 11.2. The summed E-state index contributed by atoms with van der Waals surface area (Å²) in [7, 11) is 0. The second kappa shape index (κ2) is 5.10. The first-order chi connectivity index (χ1) is 6.58. The lowest BCUT2D eigenvalue weighted by Crippen LogP contribution is -1.96. The van der Waals surface area contributed by atoms with Crippen LogP contribution >= 0.6 is 15.9 Å². The normalized spacial score (nSPS) is 10.1. The van der Waals surface area contributed by atoms with Gasteiger partial charge in [-0.2, -0.15) is 0 Å². The number of carboxylic acids is 1. The van der Waals surface area contributed by atoms with Gasteiger partial charge >= 0.3 is 5.97 Å². The summed E-state index contributed by atoms with van der Waals surface area (Å²) in [5.74, 6) is -1.12. The zero-order valence-corrected chi connectivity index (χ0v) is 9.05. The fraction of sp³-hybridized carbons (Fsp3) is 0.300. The highest BCUT2D eigenvalue weighted by atomic mass is 79.9. The average molecular weight is 261 g/mol. The van der Waals surface area contributed by atoms with E-state index in [1.54, 1.807) is 6.07 Å². The third kappa shape index (κ3) is 3.87. The molecule has 0 unspecified atom stereocenters. The van der Waals surface area contributed by atoms with Crippen molar-refractivity contribution in [3.8, 4) is 0 Å². The number of carbonyl (C=O) groups is 1. The first-order valence-electron chi connectivity index (χ1n) is 4.24. The van der Waals surface area contributed by atoms with Gasteiger partial charge in [-0.05, 0) is 36.6 Å². The van der Waals surface area contributed by atoms with Crippen LogP contribution in [0.4, 0.5) is 4.39 Å². The van der Waals surface area contributed by atoms with E-state index in [9.17, 15) is 9.18 Å². The Kier molecular flexibility index (Phi) is 4.07. The number of hydrogen-bond acceptors (Lipinski definition) is 1. The van der Waals surface area contributed by atoms with E-state index >= 15 is 0 Å². The molecule has 0 bridgehead atoms. The van der Waals surface area contributed by atoms with Gasteiger partial charge in [-0.25, -0.2) is 4.39 Å². The van der Waals surface area contributed by atoms with E-state index in [0.717, 1.165) is 5.56 Å². The highest BCUT2D eigenvalue weighted by Crippen LogP contribution is 2.16. The van der Waals surface area contributed by atoms with Crippen LogP contribution in [0.1, 0.15) is 18.4 Å². The number of carboxylic acid groups (broad SMARTS) is 1. The van der Waals surface area contributed by atoms with Gasteiger partial charge in [0.1, 0.15) is 5.82 Å². The Hall–Kier alpha value is -0.900. The minimum atomic E-state index is -0.819. The van der Waals surface area contributed by atoms with Gasteiger partial charge in [-0.15, -0.1) is 0 Å². The van der Waals surface area contributed by atoms with Crippen LogP contribution in [0.5, 0.6) is 0 Å². The van der Waals surface area contributed by atoms with E-state index in [4.69, 9.17) is 5.11 Å². The van der Waals surface area contributed by atoms with E-state index in [-0.39, 0.29) is 12.2 Å². The van der Waals surface area contributed by atoms with Crippen LogP contribution in [-0.4, -0.2) is 11.1 Å². The zero-order valence-electron chi connectivity index (χ0n) is 7.46. The van der Waals surface area contributed by atoms with Crippen molar-refractivity contribution in [1.29, 1.82) is 0 Å². The number of benzene rings is 1. The van der Waals surface area contributed by atoms with Crippen molar-refractivity contribution < 1.29 is 14.3 Å². The Morgan fingerprint density at radius 1 is 1.43 bits per heavy atom. The lowest BCUT2D eigenvalue weighted by molar-refractivity contribution is -0.137. The molecule has 0 heterocycles. The molecule has 1 aromatic rings. The maximum Gasteiger partial charge on any atom is 0.303 e. The molecule has 76 valence electrons. The molecule has 0 aliphatic carbocycles. The van der Waals surface area contributed by atoms with Crippen LogP contribution in [0, 0.1) is 5.82 Å². The van der Waals surface area contributed by atoms with Crippen LogP contribution < -0.4 is 0 Å². The summed E-state index contributed by atoms with van der Waals surface area (Å²) >= 11 is 3.18. The van der Waals surface area contributed by atoms with Crippen LogP contribution in [0.2, 0.25) is 0 Å². The molecule has 0 fully saturated rings. The van der Waals surface area contributed by atoms with E-state index in [1.165, 1.54) is 12.1 Å². The summed E-state index contributed by atoms with van der Waals surface area (Å²) < 4.78 is 13.6. The number of aliphatic carboxylic acids is 1. The Morgan fingerprint density at radius 2 is 2.14 bits per heavy atom. The number of halogens is 2. The maximum absolute atomic E-state index is 12.9. The van der Waals surface area contributed by atoms with Crippen molar-refractivity contribution in [2.75, 3.05) is 0 Å². The van der Waals surface area contributed by atoms with Crippen LogP contribution in [0.3, 0.4) is 0 Å². The highest BCUT2D eigenvalue weighted by molar-refractivity contribution is 9.10. The van der Waals surface area contributed by atoms with Gasteiger partial charge in [0.2, 0.25) is 0 Å². The van der Waals surface area contributed by atoms with Crippen LogP contribution in [-0.2, 0) is 11.2 Å². The molecule has 0 radical (unpaired) electrons. The summed E-state index contributed by atoms with van der Waals surface area (Å²) in [6, 6.07) is 4.60. The molecule has 1 aromatic carbocycles. The van der Waals surface area contributed by atoms with Gasteiger partial charge in [0, 0.05) is 10.9 Å². The maximum atomic E-state index is 12.9. The summed E-state index contributed by atoms with van der Waals surface area (Å²) in [4.78, 5) is 10.2. The van der Waals surface area contributed by atoms with Gasteiger partial charge in [0.05, 0.1) is 0 Å². The molecule has 0 saturated carbocycles. The first-order valence-corrected chi connectivity index (χ1v) is 5.04. The smallest absolute Gasteiger partial charge is 0.303 e. The molecule has 0 spiro atoms. The molecule has 0 atom stereocenters. The van der Waals surface area contributed by atoms with Crippen molar-refractivity contribution in [3.63, 3.8) is 0 Å². The van der Waals surface area contributed by atoms with E-state index in [1.807, 2.05) is 0 Å². The average Bonchev–Trinajstić information content (AvgIpc) is 2.01. The third-order valence-corrected chi connectivity index (χ3v) is 2.24. The molecule has 2 nitrogen and oxygen atoms in total. The number of rotatable bonds is 4. The number of hydrogen-bond donors (Lipinski definition) is 1. The lowest BCUT2D eigenvalue weighted by Gasteiger charge is -2.01. The minimum absolute atomic E-state index is 0.119. The predicted octanol–water partition coefficient (Wildman–Crippen LogP) is 3.00. The molecule has 14 heavy (non-hydrogen) atoms. The Morgan fingerprint density at radius 3 is 2.71 bits per heavy atom. The largest absolute Gasteiger partial charge is 0.481 e. The molecular formula is C10H10BrFO2. The molecule has 0 aliphatic rings.